The van der Waals surface area contributed by atoms with Crippen molar-refractivity contribution in [3.05, 3.63) is 11.6 Å². The number of allylic oxidation sites excluding steroid dienone is 1. The van der Waals surface area contributed by atoms with Gasteiger partial charge in [0.1, 0.15) is 0 Å². The molecule has 2 atom stereocenters. The van der Waals surface area contributed by atoms with Crippen LogP contribution < -0.4 is 5.32 Å². The molecule has 0 aromatic carbocycles. The molecular weight excluding hydrogens is 234 g/mol. The Morgan fingerprint density at radius 3 is 3.00 bits per heavy atom. The summed E-state index contributed by atoms with van der Waals surface area (Å²) in [5.74, 6) is 0. The van der Waals surface area contributed by atoms with Gasteiger partial charge in [-0.2, -0.15) is 0 Å². The maximum atomic E-state index is 5.94. The van der Waals surface area contributed by atoms with Crippen molar-refractivity contribution in [3.63, 3.8) is 0 Å². The lowest BCUT2D eigenvalue weighted by Crippen LogP contribution is -2.36. The van der Waals surface area contributed by atoms with Crippen LogP contribution in [0.25, 0.3) is 0 Å². The molecule has 1 heterocycles. The summed E-state index contributed by atoms with van der Waals surface area (Å²) in [6.07, 6.45) is 16.0. The van der Waals surface area contributed by atoms with Crippen LogP contribution in [0.5, 0.6) is 0 Å². The number of rotatable bonds is 6. The second kappa shape index (κ2) is 8.76. The molecular formula is C17H31NO. The first kappa shape index (κ1) is 15.1. The van der Waals surface area contributed by atoms with Gasteiger partial charge in [-0.3, -0.25) is 0 Å². The largest absolute Gasteiger partial charge is 0.378 e. The fourth-order valence-corrected chi connectivity index (χ4v) is 3.30. The van der Waals surface area contributed by atoms with Crippen molar-refractivity contribution in [2.75, 3.05) is 13.2 Å². The molecule has 110 valence electrons. The van der Waals surface area contributed by atoms with Crippen LogP contribution in [0.3, 0.4) is 0 Å². The van der Waals surface area contributed by atoms with Gasteiger partial charge in [-0.1, -0.05) is 25.0 Å². The number of nitrogens with one attached hydrogen (secondary N) is 1. The molecule has 1 fully saturated rings. The minimum absolute atomic E-state index is 0.493. The lowest BCUT2D eigenvalue weighted by Gasteiger charge is -2.29. The van der Waals surface area contributed by atoms with E-state index in [0.717, 1.165) is 13.2 Å². The highest BCUT2D eigenvalue weighted by Crippen LogP contribution is 2.25. The molecule has 2 rings (SSSR count). The highest BCUT2D eigenvalue weighted by molar-refractivity contribution is 5.12. The molecule has 1 saturated heterocycles. The summed E-state index contributed by atoms with van der Waals surface area (Å²) in [5.41, 5.74) is 1.67. The van der Waals surface area contributed by atoms with Crippen LogP contribution in [-0.2, 0) is 4.74 Å². The topological polar surface area (TPSA) is 21.3 Å². The van der Waals surface area contributed by atoms with Gasteiger partial charge in [-0.15, -0.1) is 0 Å². The standard InChI is InChI=1S/C17H31NO/c1-2-12-18-17(14-16-11-7-8-13-19-16)15-9-5-3-4-6-10-15/h9,16-18H,2-8,10-14H2,1H3. The molecule has 0 saturated carbocycles. The molecule has 19 heavy (non-hydrogen) atoms. The Morgan fingerprint density at radius 2 is 2.21 bits per heavy atom. The van der Waals surface area contributed by atoms with Gasteiger partial charge in [0.05, 0.1) is 6.10 Å². The first-order valence-electron chi connectivity index (χ1n) is 8.44. The van der Waals surface area contributed by atoms with E-state index in [9.17, 15) is 0 Å². The summed E-state index contributed by atoms with van der Waals surface area (Å²) in [5, 5.41) is 3.77. The third-order valence-electron chi connectivity index (χ3n) is 4.44. The van der Waals surface area contributed by atoms with Crippen LogP contribution in [0.1, 0.15) is 71.1 Å². The van der Waals surface area contributed by atoms with Gasteiger partial charge in [-0.05, 0) is 64.3 Å². The molecule has 0 amide bonds. The van der Waals surface area contributed by atoms with Gasteiger partial charge in [0.15, 0.2) is 0 Å². The molecule has 2 nitrogen and oxygen atoms in total. The fourth-order valence-electron chi connectivity index (χ4n) is 3.30. The maximum Gasteiger partial charge on any atom is 0.0593 e. The molecule has 1 aliphatic carbocycles. The van der Waals surface area contributed by atoms with Crippen LogP contribution in [-0.4, -0.2) is 25.3 Å². The van der Waals surface area contributed by atoms with Gasteiger partial charge in [0, 0.05) is 12.6 Å². The van der Waals surface area contributed by atoms with Crippen molar-refractivity contribution in [2.24, 2.45) is 0 Å². The Hall–Kier alpha value is -0.340. The van der Waals surface area contributed by atoms with Crippen molar-refractivity contribution in [1.82, 2.24) is 5.32 Å². The average molecular weight is 265 g/mol. The minimum Gasteiger partial charge on any atom is -0.378 e. The van der Waals surface area contributed by atoms with Crippen LogP contribution in [0, 0.1) is 0 Å². The van der Waals surface area contributed by atoms with Crippen LogP contribution in [0.4, 0.5) is 0 Å². The SMILES string of the molecule is CCCNC(CC1CCCCO1)C1=CCCCCC1. The molecule has 0 spiro atoms. The monoisotopic (exact) mass is 265 g/mol. The highest BCUT2D eigenvalue weighted by Gasteiger charge is 2.22. The molecule has 1 aliphatic heterocycles. The van der Waals surface area contributed by atoms with Gasteiger partial charge in [-0.25, -0.2) is 0 Å². The zero-order valence-corrected chi connectivity index (χ0v) is 12.6. The molecule has 2 heteroatoms. The predicted octanol–water partition coefficient (Wildman–Crippen LogP) is 4.20. The third kappa shape index (κ3) is 5.27. The first-order chi connectivity index (χ1) is 9.40. The van der Waals surface area contributed by atoms with E-state index >= 15 is 0 Å². The Kier molecular flexibility index (Phi) is 6.94. The number of hydrogen-bond donors (Lipinski definition) is 1. The summed E-state index contributed by atoms with van der Waals surface area (Å²) in [6, 6.07) is 0.571. The van der Waals surface area contributed by atoms with Crippen molar-refractivity contribution >= 4 is 0 Å². The van der Waals surface area contributed by atoms with E-state index in [2.05, 4.69) is 18.3 Å². The van der Waals surface area contributed by atoms with E-state index in [1.165, 1.54) is 64.2 Å². The minimum atomic E-state index is 0.493. The van der Waals surface area contributed by atoms with Crippen LogP contribution in [0.15, 0.2) is 11.6 Å². The van der Waals surface area contributed by atoms with E-state index in [1.807, 2.05) is 0 Å². The molecule has 1 N–H and O–H groups in total. The van der Waals surface area contributed by atoms with Gasteiger partial charge < -0.3 is 10.1 Å². The van der Waals surface area contributed by atoms with Gasteiger partial charge in [0.2, 0.25) is 0 Å². The molecule has 0 aromatic rings. The Morgan fingerprint density at radius 1 is 1.26 bits per heavy atom. The Labute approximate surface area is 119 Å². The van der Waals surface area contributed by atoms with Crippen molar-refractivity contribution < 1.29 is 4.74 Å². The average Bonchev–Trinajstić information content (AvgIpc) is 2.73. The molecule has 0 radical (unpaired) electrons. The van der Waals surface area contributed by atoms with E-state index in [1.54, 1.807) is 5.57 Å². The Balaban J connectivity index is 1.91. The lowest BCUT2D eigenvalue weighted by atomic mass is 9.94. The Bertz CT molecular complexity index is 268. The second-order valence-electron chi connectivity index (χ2n) is 6.11. The zero-order chi connectivity index (χ0) is 13.3. The molecule has 0 bridgehead atoms. The zero-order valence-electron chi connectivity index (χ0n) is 12.6. The summed E-state index contributed by atoms with van der Waals surface area (Å²) >= 11 is 0. The summed E-state index contributed by atoms with van der Waals surface area (Å²) in [7, 11) is 0. The van der Waals surface area contributed by atoms with E-state index in [0.29, 0.717) is 12.1 Å². The van der Waals surface area contributed by atoms with Crippen molar-refractivity contribution in [3.8, 4) is 0 Å². The quantitative estimate of drug-likeness (QED) is 0.727. The fraction of sp³-hybridized carbons (Fsp3) is 0.882. The van der Waals surface area contributed by atoms with Gasteiger partial charge >= 0.3 is 0 Å². The highest BCUT2D eigenvalue weighted by atomic mass is 16.5. The van der Waals surface area contributed by atoms with Crippen molar-refractivity contribution in [1.29, 1.82) is 0 Å². The normalized spacial score (nSPS) is 26.6. The van der Waals surface area contributed by atoms with Crippen LogP contribution >= 0.6 is 0 Å². The van der Waals surface area contributed by atoms with Crippen molar-refractivity contribution in [2.45, 2.75) is 83.3 Å². The number of ether oxygens (including phenoxy) is 1. The van der Waals surface area contributed by atoms with E-state index < -0.39 is 0 Å². The van der Waals surface area contributed by atoms with Crippen LogP contribution in [0.2, 0.25) is 0 Å². The van der Waals surface area contributed by atoms with E-state index in [4.69, 9.17) is 4.74 Å². The maximum absolute atomic E-state index is 5.94. The molecule has 2 aliphatic rings. The lowest BCUT2D eigenvalue weighted by molar-refractivity contribution is 0.00710. The van der Waals surface area contributed by atoms with E-state index in [-0.39, 0.29) is 0 Å². The predicted molar refractivity (Wildman–Crippen MR) is 81.5 cm³/mol. The summed E-state index contributed by atoms with van der Waals surface area (Å²) in [4.78, 5) is 0. The smallest absolute Gasteiger partial charge is 0.0593 e. The second-order valence-corrected chi connectivity index (χ2v) is 6.11. The molecule has 0 aromatic heterocycles. The number of hydrogen-bond acceptors (Lipinski definition) is 2. The van der Waals surface area contributed by atoms with Gasteiger partial charge in [0.25, 0.3) is 0 Å². The first-order valence-corrected chi connectivity index (χ1v) is 8.44. The third-order valence-corrected chi connectivity index (χ3v) is 4.44. The summed E-state index contributed by atoms with van der Waals surface area (Å²) in [6.45, 7) is 4.36. The molecule has 2 unspecified atom stereocenters. The summed E-state index contributed by atoms with van der Waals surface area (Å²) < 4.78 is 5.94.